The Bertz CT molecular complexity index is 755. The van der Waals surface area contributed by atoms with Crippen molar-refractivity contribution in [1.82, 2.24) is 10.0 Å². The van der Waals surface area contributed by atoms with E-state index in [1.165, 1.54) is 16.7 Å². The highest BCUT2D eigenvalue weighted by Gasteiger charge is 2.19. The Kier molecular flexibility index (Phi) is 7.05. The van der Waals surface area contributed by atoms with Gasteiger partial charge in [0.15, 0.2) is 0 Å². The highest BCUT2D eigenvalue weighted by molar-refractivity contribution is 7.77. The number of benzene rings is 2. The van der Waals surface area contributed by atoms with Crippen LogP contribution in [0, 0.1) is 0 Å². The highest BCUT2D eigenvalue weighted by atomic mass is 35.5. The predicted molar refractivity (Wildman–Crippen MR) is 105 cm³/mol. The number of ether oxygens (including phenoxy) is 1. The lowest BCUT2D eigenvalue weighted by molar-refractivity contribution is 0.321. The Balaban J connectivity index is 1.73. The molecule has 0 fully saturated rings. The zero-order valence-electron chi connectivity index (χ0n) is 14.4. The SMILES string of the molecule is O=S(O)NCCOc1ccc2c(c1)C(Cc1ccc(Cl)cc1)NCCC2. The Labute approximate surface area is 161 Å². The fourth-order valence-corrected chi connectivity index (χ4v) is 3.60. The molecule has 0 bridgehead atoms. The molecule has 7 heteroatoms. The molecule has 0 saturated heterocycles. The van der Waals surface area contributed by atoms with Crippen LogP contribution < -0.4 is 14.8 Å². The summed E-state index contributed by atoms with van der Waals surface area (Å²) >= 11 is 3.98. The highest BCUT2D eigenvalue weighted by Crippen LogP contribution is 2.29. The van der Waals surface area contributed by atoms with E-state index in [2.05, 4.69) is 34.3 Å². The lowest BCUT2D eigenvalue weighted by Crippen LogP contribution is -2.23. The molecule has 0 amide bonds. The third-order valence-electron chi connectivity index (χ3n) is 4.46. The molecule has 0 saturated carbocycles. The van der Waals surface area contributed by atoms with Crippen LogP contribution in [-0.2, 0) is 24.1 Å². The molecule has 3 N–H and O–H groups in total. The molecular formula is C19H23ClN2O3S. The van der Waals surface area contributed by atoms with Crippen molar-refractivity contribution in [2.24, 2.45) is 0 Å². The van der Waals surface area contributed by atoms with E-state index in [4.69, 9.17) is 20.9 Å². The van der Waals surface area contributed by atoms with E-state index in [-0.39, 0.29) is 6.04 Å². The Morgan fingerprint density at radius 3 is 2.85 bits per heavy atom. The van der Waals surface area contributed by atoms with Gasteiger partial charge in [0.05, 0.1) is 0 Å². The summed E-state index contributed by atoms with van der Waals surface area (Å²) in [5, 5.41) is 4.38. The molecule has 2 aromatic rings. The van der Waals surface area contributed by atoms with Crippen molar-refractivity contribution in [3.05, 3.63) is 64.2 Å². The molecule has 0 radical (unpaired) electrons. The van der Waals surface area contributed by atoms with Crippen molar-refractivity contribution in [1.29, 1.82) is 0 Å². The fraction of sp³-hybridized carbons (Fsp3) is 0.368. The van der Waals surface area contributed by atoms with E-state index in [1.54, 1.807) is 0 Å². The first kappa shape index (κ1) is 19.3. The van der Waals surface area contributed by atoms with Crippen molar-refractivity contribution >= 4 is 22.9 Å². The van der Waals surface area contributed by atoms with Gasteiger partial charge in [-0.2, -0.15) is 0 Å². The van der Waals surface area contributed by atoms with Crippen LogP contribution in [0.3, 0.4) is 0 Å². The minimum Gasteiger partial charge on any atom is -0.492 e. The van der Waals surface area contributed by atoms with E-state index >= 15 is 0 Å². The van der Waals surface area contributed by atoms with Crippen molar-refractivity contribution in [3.8, 4) is 5.75 Å². The molecule has 140 valence electrons. The summed E-state index contributed by atoms with van der Waals surface area (Å²) in [7, 11) is 0. The van der Waals surface area contributed by atoms with Crippen LogP contribution in [0.5, 0.6) is 5.75 Å². The van der Waals surface area contributed by atoms with Gasteiger partial charge in [0.25, 0.3) is 0 Å². The van der Waals surface area contributed by atoms with Crippen LogP contribution in [0.2, 0.25) is 5.02 Å². The zero-order chi connectivity index (χ0) is 18.4. The molecule has 1 heterocycles. The minimum atomic E-state index is -2.01. The van der Waals surface area contributed by atoms with Crippen LogP contribution in [-0.4, -0.2) is 28.5 Å². The molecule has 2 aromatic carbocycles. The van der Waals surface area contributed by atoms with Gasteiger partial charge in [-0.05, 0) is 66.8 Å². The first-order chi connectivity index (χ1) is 12.6. The Hall–Kier alpha value is -1.44. The second-order valence-corrected chi connectivity index (χ2v) is 7.52. The summed E-state index contributed by atoms with van der Waals surface area (Å²) in [6, 6.07) is 14.4. The molecule has 5 nitrogen and oxygen atoms in total. The van der Waals surface area contributed by atoms with E-state index < -0.39 is 11.3 Å². The predicted octanol–water partition coefficient (Wildman–Crippen LogP) is 3.26. The quantitative estimate of drug-likeness (QED) is 0.498. The van der Waals surface area contributed by atoms with Crippen LogP contribution in [0.25, 0.3) is 0 Å². The van der Waals surface area contributed by atoms with E-state index in [1.807, 2.05) is 18.2 Å². The number of halogens is 1. The topological polar surface area (TPSA) is 70.6 Å². The van der Waals surface area contributed by atoms with Gasteiger partial charge in [-0.3, -0.25) is 4.55 Å². The lowest BCUT2D eigenvalue weighted by atomic mass is 9.94. The second kappa shape index (κ2) is 9.48. The Morgan fingerprint density at radius 2 is 2.08 bits per heavy atom. The number of hydrogen-bond donors (Lipinski definition) is 3. The van der Waals surface area contributed by atoms with Crippen molar-refractivity contribution < 1.29 is 13.5 Å². The molecule has 0 aliphatic carbocycles. The monoisotopic (exact) mass is 394 g/mol. The summed E-state index contributed by atoms with van der Waals surface area (Å²) in [5.41, 5.74) is 3.84. The molecule has 1 aliphatic heterocycles. The molecule has 26 heavy (non-hydrogen) atoms. The normalized spacial score (nSPS) is 18.0. The van der Waals surface area contributed by atoms with E-state index in [0.717, 1.165) is 36.6 Å². The van der Waals surface area contributed by atoms with Gasteiger partial charge in [0.2, 0.25) is 11.3 Å². The van der Waals surface area contributed by atoms with Gasteiger partial charge < -0.3 is 10.1 Å². The largest absolute Gasteiger partial charge is 0.492 e. The molecule has 2 unspecified atom stereocenters. The average molecular weight is 395 g/mol. The maximum Gasteiger partial charge on any atom is 0.231 e. The molecule has 2 atom stereocenters. The average Bonchev–Trinajstić information content (AvgIpc) is 2.83. The zero-order valence-corrected chi connectivity index (χ0v) is 16.0. The summed E-state index contributed by atoms with van der Waals surface area (Å²) in [4.78, 5) is 0. The first-order valence-corrected chi connectivity index (χ1v) is 10.2. The first-order valence-electron chi connectivity index (χ1n) is 8.69. The van der Waals surface area contributed by atoms with Crippen molar-refractivity contribution in [2.75, 3.05) is 19.7 Å². The standard InChI is InChI=1S/C19H23ClN2O3S/c20-16-6-3-14(4-7-16)12-19-18-13-17(25-11-10-22-26(23)24)8-5-15(18)2-1-9-21-19/h3-8,13,19,21-22H,1-2,9-12H2,(H,23,24). The van der Waals surface area contributed by atoms with Crippen LogP contribution in [0.15, 0.2) is 42.5 Å². The van der Waals surface area contributed by atoms with Gasteiger partial charge in [-0.1, -0.05) is 29.8 Å². The molecule has 3 rings (SSSR count). The fourth-order valence-electron chi connectivity index (χ4n) is 3.22. The number of hydrogen-bond acceptors (Lipinski definition) is 3. The minimum absolute atomic E-state index is 0.222. The third kappa shape index (κ3) is 5.53. The number of nitrogens with one attached hydrogen (secondary N) is 2. The van der Waals surface area contributed by atoms with E-state index in [9.17, 15) is 4.21 Å². The number of aryl methyl sites for hydroxylation is 1. The van der Waals surface area contributed by atoms with Crippen molar-refractivity contribution in [2.45, 2.75) is 25.3 Å². The molecule has 1 aliphatic rings. The maximum atomic E-state index is 10.6. The van der Waals surface area contributed by atoms with Crippen molar-refractivity contribution in [3.63, 3.8) is 0 Å². The maximum absolute atomic E-state index is 10.6. The summed E-state index contributed by atoms with van der Waals surface area (Å²) in [5.74, 6) is 0.777. The summed E-state index contributed by atoms with van der Waals surface area (Å²) in [6.45, 7) is 1.63. The van der Waals surface area contributed by atoms with Gasteiger partial charge in [0, 0.05) is 17.6 Å². The van der Waals surface area contributed by atoms with Crippen LogP contribution in [0.4, 0.5) is 0 Å². The summed E-state index contributed by atoms with van der Waals surface area (Å²) < 4.78 is 27.5. The second-order valence-electron chi connectivity index (χ2n) is 6.29. The van der Waals surface area contributed by atoms with Gasteiger partial charge in [-0.25, -0.2) is 8.93 Å². The third-order valence-corrected chi connectivity index (χ3v) is 5.16. The summed E-state index contributed by atoms with van der Waals surface area (Å²) in [6.07, 6.45) is 3.04. The molecule has 0 spiro atoms. The Morgan fingerprint density at radius 1 is 1.27 bits per heavy atom. The van der Waals surface area contributed by atoms with Gasteiger partial charge in [0.1, 0.15) is 12.4 Å². The van der Waals surface area contributed by atoms with Crippen LogP contribution in [0.1, 0.15) is 29.2 Å². The lowest BCUT2D eigenvalue weighted by Gasteiger charge is -2.20. The van der Waals surface area contributed by atoms with Gasteiger partial charge in [-0.15, -0.1) is 0 Å². The molecule has 0 aromatic heterocycles. The van der Waals surface area contributed by atoms with E-state index in [0.29, 0.717) is 13.2 Å². The number of rotatable bonds is 7. The smallest absolute Gasteiger partial charge is 0.231 e. The van der Waals surface area contributed by atoms with Crippen LogP contribution >= 0.6 is 11.6 Å². The van der Waals surface area contributed by atoms with Gasteiger partial charge >= 0.3 is 0 Å². The number of fused-ring (bicyclic) bond motifs is 1. The molecular weight excluding hydrogens is 372 g/mol.